The first-order chi connectivity index (χ1) is 8.51. The lowest BCUT2D eigenvalue weighted by atomic mass is 10.3. The minimum atomic E-state index is -1.48. The lowest BCUT2D eigenvalue weighted by molar-refractivity contribution is 0.336. The molecule has 0 heterocycles. The smallest absolute Gasteiger partial charge is 0.491 e. The lowest BCUT2D eigenvalue weighted by Gasteiger charge is -2.10. The molecule has 0 aliphatic rings. The van der Waals surface area contributed by atoms with E-state index in [2.05, 4.69) is 0 Å². The minimum Gasteiger partial charge on any atom is -0.491 e. The van der Waals surface area contributed by atoms with E-state index in [1.807, 2.05) is 13.8 Å². The van der Waals surface area contributed by atoms with Crippen molar-refractivity contribution in [3.05, 3.63) is 21.1 Å². The van der Waals surface area contributed by atoms with Crippen LogP contribution < -0.4 is 9.26 Å². The van der Waals surface area contributed by atoms with Crippen LogP contribution in [-0.2, 0) is 16.3 Å². The topological polar surface area (TPSA) is 27.7 Å². The van der Waals surface area contributed by atoms with Crippen LogP contribution in [0.2, 0.25) is 15.1 Å². The van der Waals surface area contributed by atoms with Crippen LogP contribution in [0.4, 0.5) is 0 Å². The van der Waals surface area contributed by atoms with Gasteiger partial charge in [0.05, 0.1) is 11.6 Å². The Morgan fingerprint density at radius 1 is 1.17 bits per heavy atom. The van der Waals surface area contributed by atoms with Crippen LogP contribution in [0.1, 0.15) is 13.8 Å². The first-order valence-corrected chi connectivity index (χ1v) is 8.42. The number of ether oxygens (including phenoxy) is 1. The van der Waals surface area contributed by atoms with Crippen LogP contribution in [0, 0.1) is 0 Å². The number of halogens is 3. The maximum Gasteiger partial charge on any atom is 0.573 e. The maximum atomic E-state index is 6.12. The molecule has 1 unspecified atom stereocenters. The van der Waals surface area contributed by atoms with Crippen molar-refractivity contribution in [2.24, 2.45) is 0 Å². The molecule has 1 aromatic rings. The molecule has 0 aliphatic heterocycles. The second-order valence-electron chi connectivity index (χ2n) is 2.98. The largest absolute Gasteiger partial charge is 0.573 e. The number of rotatable bonds is 6. The molecular formula is C10H11Cl3O3PS+. The molecule has 0 saturated heterocycles. The van der Waals surface area contributed by atoms with Gasteiger partial charge in [-0.1, -0.05) is 34.8 Å². The van der Waals surface area contributed by atoms with E-state index in [1.54, 1.807) is 0 Å². The van der Waals surface area contributed by atoms with Crippen LogP contribution in [-0.4, -0.2) is 13.2 Å². The quantitative estimate of drug-likeness (QED) is 0.519. The lowest BCUT2D eigenvalue weighted by Crippen LogP contribution is -1.96. The summed E-state index contributed by atoms with van der Waals surface area (Å²) in [6.07, 6.45) is 0. The van der Waals surface area contributed by atoms with E-state index in [-0.39, 0.29) is 15.1 Å². The highest BCUT2D eigenvalue weighted by Gasteiger charge is 2.23. The van der Waals surface area contributed by atoms with Gasteiger partial charge in [0.2, 0.25) is 17.6 Å². The molecule has 0 saturated carbocycles. The second kappa shape index (κ2) is 7.68. The molecule has 0 N–H and O–H groups in total. The molecule has 0 spiro atoms. The van der Waals surface area contributed by atoms with E-state index in [0.29, 0.717) is 24.7 Å². The highest BCUT2D eigenvalue weighted by Crippen LogP contribution is 2.46. The molecule has 18 heavy (non-hydrogen) atoms. The summed E-state index contributed by atoms with van der Waals surface area (Å²) in [5.41, 5.74) is 0. The van der Waals surface area contributed by atoms with Gasteiger partial charge in [-0.2, -0.15) is 0 Å². The maximum absolute atomic E-state index is 6.12. The Kier molecular flexibility index (Phi) is 6.93. The van der Waals surface area contributed by atoms with E-state index in [4.69, 9.17) is 60.4 Å². The summed E-state index contributed by atoms with van der Waals surface area (Å²) in [7, 11) is -1.48. The molecule has 8 heteroatoms. The van der Waals surface area contributed by atoms with Crippen molar-refractivity contribution >= 4 is 53.8 Å². The Labute approximate surface area is 127 Å². The molecule has 0 fully saturated rings. The Hall–Kier alpha value is 0.170. The first-order valence-electron chi connectivity index (χ1n) is 5.09. The van der Waals surface area contributed by atoms with Crippen LogP contribution in [0.15, 0.2) is 6.07 Å². The Bertz CT molecular complexity index is 456. The summed E-state index contributed by atoms with van der Waals surface area (Å²) in [4.78, 5) is 0. The van der Waals surface area contributed by atoms with E-state index < -0.39 is 7.15 Å². The van der Waals surface area contributed by atoms with Crippen molar-refractivity contribution in [1.29, 1.82) is 0 Å². The van der Waals surface area contributed by atoms with Crippen LogP contribution in [0.5, 0.6) is 11.5 Å². The Morgan fingerprint density at radius 2 is 1.83 bits per heavy atom. The summed E-state index contributed by atoms with van der Waals surface area (Å²) in [6.45, 7) is 4.51. The summed E-state index contributed by atoms with van der Waals surface area (Å²) in [5.74, 6) is 0.599. The molecule has 3 nitrogen and oxygen atoms in total. The predicted molar refractivity (Wildman–Crippen MR) is 79.2 cm³/mol. The molecule has 1 aromatic carbocycles. The number of benzene rings is 1. The standard InChI is InChI=1S/C10H11Cl3O3PS/c1-3-14-10-8(12)6(11)5-7(9(10)13)16-17(18)15-4-2/h5H,3-4H2,1-2H3/q+1. The van der Waals surface area contributed by atoms with E-state index in [0.717, 1.165) is 0 Å². The zero-order valence-corrected chi connectivity index (χ0v) is 13.7. The summed E-state index contributed by atoms with van der Waals surface area (Å²) in [6, 6.07) is 1.50. The van der Waals surface area contributed by atoms with Gasteiger partial charge in [0.15, 0.2) is 5.75 Å². The van der Waals surface area contributed by atoms with Gasteiger partial charge in [0.1, 0.15) is 16.7 Å². The van der Waals surface area contributed by atoms with Crippen LogP contribution in [0.3, 0.4) is 0 Å². The third-order valence-electron chi connectivity index (χ3n) is 1.78. The van der Waals surface area contributed by atoms with Gasteiger partial charge in [-0.05, 0) is 13.8 Å². The van der Waals surface area contributed by atoms with Crippen molar-refractivity contribution in [2.45, 2.75) is 13.8 Å². The van der Waals surface area contributed by atoms with Crippen molar-refractivity contribution in [2.75, 3.05) is 13.2 Å². The first kappa shape index (κ1) is 16.2. The van der Waals surface area contributed by atoms with Crippen molar-refractivity contribution in [3.63, 3.8) is 0 Å². The van der Waals surface area contributed by atoms with Gasteiger partial charge in [-0.3, -0.25) is 0 Å². The van der Waals surface area contributed by atoms with Gasteiger partial charge < -0.3 is 4.74 Å². The molecule has 0 radical (unpaired) electrons. The fourth-order valence-electron chi connectivity index (χ4n) is 1.11. The van der Waals surface area contributed by atoms with E-state index in [9.17, 15) is 0 Å². The Balaban J connectivity index is 3.09. The van der Waals surface area contributed by atoms with E-state index >= 15 is 0 Å². The third-order valence-corrected chi connectivity index (χ3v) is 4.26. The highest BCUT2D eigenvalue weighted by atomic mass is 35.5. The van der Waals surface area contributed by atoms with Gasteiger partial charge >= 0.3 is 7.15 Å². The summed E-state index contributed by atoms with van der Waals surface area (Å²) in [5, 5.41) is 0.777. The van der Waals surface area contributed by atoms with Crippen LogP contribution >= 0.6 is 42.0 Å². The van der Waals surface area contributed by atoms with Gasteiger partial charge in [-0.25, -0.2) is 4.52 Å². The van der Waals surface area contributed by atoms with Gasteiger partial charge in [-0.15, -0.1) is 4.52 Å². The molecule has 1 atom stereocenters. The summed E-state index contributed by atoms with van der Waals surface area (Å²) < 4.78 is 15.9. The number of hydrogen-bond donors (Lipinski definition) is 0. The third kappa shape index (κ3) is 4.09. The summed E-state index contributed by atoms with van der Waals surface area (Å²) >= 11 is 23.1. The average Bonchev–Trinajstić information content (AvgIpc) is 2.32. The number of hydrogen-bond acceptors (Lipinski definition) is 4. The normalized spacial score (nSPS) is 11.3. The van der Waals surface area contributed by atoms with Gasteiger partial charge in [0, 0.05) is 6.07 Å². The predicted octanol–water partition coefficient (Wildman–Crippen LogP) is 5.23. The van der Waals surface area contributed by atoms with Crippen molar-refractivity contribution in [3.8, 4) is 11.5 Å². The highest BCUT2D eigenvalue weighted by molar-refractivity contribution is 8.00. The molecule has 0 aliphatic carbocycles. The van der Waals surface area contributed by atoms with Crippen LogP contribution in [0.25, 0.3) is 0 Å². The molecular weight excluding hydrogens is 338 g/mol. The fourth-order valence-corrected chi connectivity index (χ4v) is 2.97. The molecule has 1 rings (SSSR count). The zero-order chi connectivity index (χ0) is 13.7. The second-order valence-corrected chi connectivity index (χ2v) is 5.92. The SMILES string of the molecule is CCOc1c(Cl)c(Cl)cc(O[P+](=S)OCC)c1Cl. The molecule has 0 amide bonds. The minimum absolute atomic E-state index is 0.239. The molecule has 0 aromatic heterocycles. The van der Waals surface area contributed by atoms with Crippen molar-refractivity contribution in [1.82, 2.24) is 0 Å². The monoisotopic (exact) mass is 347 g/mol. The zero-order valence-electron chi connectivity index (χ0n) is 9.71. The average molecular weight is 349 g/mol. The van der Waals surface area contributed by atoms with E-state index in [1.165, 1.54) is 6.07 Å². The van der Waals surface area contributed by atoms with Gasteiger partial charge in [0.25, 0.3) is 0 Å². The molecule has 0 bridgehead atoms. The fraction of sp³-hybridized carbons (Fsp3) is 0.400. The Morgan fingerprint density at radius 3 is 2.39 bits per heavy atom. The molecule has 100 valence electrons. The van der Waals surface area contributed by atoms with Crippen molar-refractivity contribution < 1.29 is 13.8 Å².